The van der Waals surface area contributed by atoms with Gasteiger partial charge in [-0.1, -0.05) is 25.0 Å². The van der Waals surface area contributed by atoms with Crippen LogP contribution in [0.1, 0.15) is 47.2 Å². The zero-order valence-corrected chi connectivity index (χ0v) is 23.9. The standard InChI is InChI=1S/C35H34O8/c1-3-33(36)41-25-7-5-23-39-30-17-11-27(12-18-30)9-10-28-13-19-32(20-14-28)43-35(38)29-15-21-31(22-16-29)40-24-6-8-26-42-34(37)4-2/h3-4,11-22H,1-2,5-8,23-26H2. The van der Waals surface area contributed by atoms with E-state index >= 15 is 0 Å². The highest BCUT2D eigenvalue weighted by Crippen LogP contribution is 2.17. The molecule has 0 fully saturated rings. The fourth-order valence-corrected chi connectivity index (χ4v) is 3.49. The lowest BCUT2D eigenvalue weighted by Crippen LogP contribution is -2.08. The largest absolute Gasteiger partial charge is 0.494 e. The molecule has 0 heterocycles. The maximum atomic E-state index is 12.5. The third-order valence-corrected chi connectivity index (χ3v) is 5.80. The van der Waals surface area contributed by atoms with E-state index in [0.29, 0.717) is 56.3 Å². The summed E-state index contributed by atoms with van der Waals surface area (Å²) in [6, 6.07) is 21.1. The molecule has 0 spiro atoms. The molecule has 8 heteroatoms. The van der Waals surface area contributed by atoms with Gasteiger partial charge in [0.1, 0.15) is 17.2 Å². The minimum absolute atomic E-state index is 0.318. The summed E-state index contributed by atoms with van der Waals surface area (Å²) < 4.78 is 26.7. The van der Waals surface area contributed by atoms with Gasteiger partial charge in [0.05, 0.1) is 32.0 Å². The van der Waals surface area contributed by atoms with Crippen molar-refractivity contribution in [3.05, 3.63) is 115 Å². The highest BCUT2D eigenvalue weighted by atomic mass is 16.5. The first kappa shape index (κ1) is 32.2. The lowest BCUT2D eigenvalue weighted by Gasteiger charge is -2.08. The van der Waals surface area contributed by atoms with Crippen molar-refractivity contribution in [2.75, 3.05) is 26.4 Å². The van der Waals surface area contributed by atoms with Gasteiger partial charge >= 0.3 is 17.9 Å². The molecule has 3 aromatic rings. The van der Waals surface area contributed by atoms with Crippen LogP contribution in [0.25, 0.3) is 0 Å². The first-order valence-corrected chi connectivity index (χ1v) is 13.8. The van der Waals surface area contributed by atoms with Crippen molar-refractivity contribution in [2.24, 2.45) is 0 Å². The predicted molar refractivity (Wildman–Crippen MR) is 162 cm³/mol. The maximum Gasteiger partial charge on any atom is 0.343 e. The van der Waals surface area contributed by atoms with Crippen molar-refractivity contribution >= 4 is 17.9 Å². The Bertz CT molecular complexity index is 1410. The molecule has 43 heavy (non-hydrogen) atoms. The van der Waals surface area contributed by atoms with Gasteiger partial charge in [-0.2, -0.15) is 0 Å². The van der Waals surface area contributed by atoms with Gasteiger partial charge in [0, 0.05) is 23.3 Å². The molecular formula is C35H34O8. The van der Waals surface area contributed by atoms with Crippen LogP contribution in [0.4, 0.5) is 0 Å². The van der Waals surface area contributed by atoms with E-state index in [4.69, 9.17) is 23.7 Å². The lowest BCUT2D eigenvalue weighted by molar-refractivity contribution is -0.138. The van der Waals surface area contributed by atoms with Crippen LogP contribution in [0, 0.1) is 11.8 Å². The summed E-state index contributed by atoms with van der Waals surface area (Å²) in [5.74, 6) is 6.65. The van der Waals surface area contributed by atoms with Crippen LogP contribution in [0.3, 0.4) is 0 Å². The zero-order chi connectivity index (χ0) is 30.7. The zero-order valence-electron chi connectivity index (χ0n) is 23.9. The number of ether oxygens (including phenoxy) is 5. The number of rotatable bonds is 16. The molecule has 0 aliphatic heterocycles. The number of carbonyl (C=O) groups is 3. The average molecular weight is 583 g/mol. The smallest absolute Gasteiger partial charge is 0.343 e. The van der Waals surface area contributed by atoms with E-state index in [1.165, 1.54) is 0 Å². The second kappa shape index (κ2) is 18.2. The first-order chi connectivity index (χ1) is 21.0. The van der Waals surface area contributed by atoms with Crippen molar-refractivity contribution in [3.8, 4) is 29.1 Å². The number of hydrogen-bond donors (Lipinski definition) is 0. The quantitative estimate of drug-likeness (QED) is 0.0659. The van der Waals surface area contributed by atoms with Crippen LogP contribution in [0.15, 0.2) is 98.1 Å². The number of hydrogen-bond acceptors (Lipinski definition) is 8. The van der Waals surface area contributed by atoms with E-state index in [2.05, 4.69) is 25.0 Å². The molecule has 8 nitrogen and oxygen atoms in total. The molecule has 0 radical (unpaired) electrons. The Balaban J connectivity index is 1.38. The Hall–Kier alpha value is -5.29. The fourth-order valence-electron chi connectivity index (χ4n) is 3.49. The van der Waals surface area contributed by atoms with Gasteiger partial charge in [0.2, 0.25) is 0 Å². The summed E-state index contributed by atoms with van der Waals surface area (Å²) in [4.78, 5) is 34.5. The summed E-state index contributed by atoms with van der Waals surface area (Å²) in [6.45, 7) is 8.35. The lowest BCUT2D eigenvalue weighted by atomic mass is 10.1. The van der Waals surface area contributed by atoms with Crippen molar-refractivity contribution in [1.82, 2.24) is 0 Å². The van der Waals surface area contributed by atoms with Gasteiger partial charge in [0.15, 0.2) is 0 Å². The molecule has 0 N–H and O–H groups in total. The predicted octanol–water partition coefficient (Wildman–Crippen LogP) is 6.08. The third-order valence-electron chi connectivity index (χ3n) is 5.80. The van der Waals surface area contributed by atoms with E-state index in [0.717, 1.165) is 41.9 Å². The SMILES string of the molecule is C=CC(=O)OCCCCOc1ccc(C#Cc2ccc(OC(=O)c3ccc(OCCCCOC(=O)C=C)cc3)cc2)cc1. The Labute approximate surface area is 251 Å². The van der Waals surface area contributed by atoms with Crippen molar-refractivity contribution < 1.29 is 38.1 Å². The number of unbranched alkanes of at least 4 members (excludes halogenated alkanes) is 2. The molecule has 0 bridgehead atoms. The van der Waals surface area contributed by atoms with Gasteiger partial charge in [0.25, 0.3) is 0 Å². The van der Waals surface area contributed by atoms with Crippen LogP contribution in [0.2, 0.25) is 0 Å². The van der Waals surface area contributed by atoms with Crippen molar-refractivity contribution in [2.45, 2.75) is 25.7 Å². The highest BCUT2D eigenvalue weighted by Gasteiger charge is 2.09. The van der Waals surface area contributed by atoms with E-state index < -0.39 is 17.9 Å². The molecule has 0 unspecified atom stereocenters. The van der Waals surface area contributed by atoms with Crippen molar-refractivity contribution in [3.63, 3.8) is 0 Å². The summed E-state index contributed by atoms with van der Waals surface area (Å²) in [5, 5.41) is 0. The monoisotopic (exact) mass is 582 g/mol. The molecule has 222 valence electrons. The van der Waals surface area contributed by atoms with Crippen molar-refractivity contribution in [1.29, 1.82) is 0 Å². The van der Waals surface area contributed by atoms with Gasteiger partial charge in [-0.3, -0.25) is 0 Å². The topological polar surface area (TPSA) is 97.4 Å². The van der Waals surface area contributed by atoms with Gasteiger partial charge < -0.3 is 23.7 Å². The second-order valence-corrected chi connectivity index (χ2v) is 9.07. The van der Waals surface area contributed by atoms with E-state index in [1.807, 2.05) is 24.3 Å². The molecular weight excluding hydrogens is 548 g/mol. The number of carbonyl (C=O) groups excluding carboxylic acids is 3. The summed E-state index contributed by atoms with van der Waals surface area (Å²) in [7, 11) is 0. The summed E-state index contributed by atoms with van der Waals surface area (Å²) >= 11 is 0. The summed E-state index contributed by atoms with van der Waals surface area (Å²) in [5.41, 5.74) is 2.01. The molecule has 3 rings (SSSR count). The number of esters is 3. The van der Waals surface area contributed by atoms with E-state index in [1.54, 1.807) is 48.5 Å². The minimum atomic E-state index is -0.479. The molecule has 0 aliphatic rings. The van der Waals surface area contributed by atoms with Gasteiger partial charge in [-0.15, -0.1) is 0 Å². The minimum Gasteiger partial charge on any atom is -0.494 e. The highest BCUT2D eigenvalue weighted by molar-refractivity contribution is 5.91. The third kappa shape index (κ3) is 12.4. The molecule has 0 amide bonds. The normalized spacial score (nSPS) is 9.95. The molecule has 3 aromatic carbocycles. The first-order valence-electron chi connectivity index (χ1n) is 13.8. The fraction of sp³-hybridized carbons (Fsp3) is 0.229. The molecule has 0 atom stereocenters. The Morgan fingerprint density at radius 1 is 0.558 bits per heavy atom. The van der Waals surface area contributed by atoms with Crippen LogP contribution < -0.4 is 14.2 Å². The van der Waals surface area contributed by atoms with Crippen LogP contribution >= 0.6 is 0 Å². The van der Waals surface area contributed by atoms with E-state index in [9.17, 15) is 14.4 Å². The Kier molecular flexibility index (Phi) is 13.6. The summed E-state index contributed by atoms with van der Waals surface area (Å²) in [6.07, 6.45) is 5.15. The molecule has 0 aromatic heterocycles. The molecule has 0 aliphatic carbocycles. The molecule has 0 saturated heterocycles. The second-order valence-electron chi connectivity index (χ2n) is 9.07. The maximum absolute atomic E-state index is 12.5. The number of benzene rings is 3. The van der Waals surface area contributed by atoms with E-state index in [-0.39, 0.29) is 0 Å². The molecule has 0 saturated carbocycles. The van der Waals surface area contributed by atoms with Gasteiger partial charge in [-0.25, -0.2) is 14.4 Å². The van der Waals surface area contributed by atoms with Crippen LogP contribution in [0.5, 0.6) is 17.2 Å². The van der Waals surface area contributed by atoms with Crippen LogP contribution in [-0.4, -0.2) is 44.3 Å². The van der Waals surface area contributed by atoms with Crippen LogP contribution in [-0.2, 0) is 19.1 Å². The Morgan fingerprint density at radius 2 is 0.953 bits per heavy atom. The Morgan fingerprint density at radius 3 is 1.40 bits per heavy atom. The average Bonchev–Trinajstić information content (AvgIpc) is 3.04. The van der Waals surface area contributed by atoms with Gasteiger partial charge in [-0.05, 0) is 98.5 Å².